The van der Waals surface area contributed by atoms with Crippen LogP contribution in [0, 0.1) is 12.8 Å². The Morgan fingerprint density at radius 2 is 0.535 bits per heavy atom. The van der Waals surface area contributed by atoms with Gasteiger partial charge in [-0.1, -0.05) is 576 Å². The van der Waals surface area contributed by atoms with E-state index in [0.717, 1.165) is 67.8 Å². The zero-order valence-electron chi connectivity index (χ0n) is 112. The van der Waals surface area contributed by atoms with Crippen molar-refractivity contribution in [3.63, 3.8) is 0 Å². The Balaban J connectivity index is 0.000000187. The summed E-state index contributed by atoms with van der Waals surface area (Å²) in [6, 6.07) is 57.6. The van der Waals surface area contributed by atoms with Crippen LogP contribution in [0.15, 0.2) is 261 Å². The van der Waals surface area contributed by atoms with Crippen molar-refractivity contribution in [1.82, 2.24) is 0 Å². The van der Waals surface area contributed by atoms with Crippen LogP contribution >= 0.6 is 0 Å². The first kappa shape index (κ1) is 92.1. The van der Waals surface area contributed by atoms with Crippen LogP contribution in [0.5, 0.6) is 0 Å². The SMILES string of the molecule is CC(C)(C)c1c(C2CCCCC2)cccc1C1CCCCC1.CC(C)(C)c1ccccc1C1CCCCC1.CC(C)Cc1ccccc1C(C)(C)C.CC(C)c1ccccc1C(C)(C)C.[2H]C1(c2cccc(C3([2H])CCCCC3)c2C(C)(C)C)CCCCC1.[2H]C1(c2ccccc2C(C)(C)C)CCCCC1.[2H]c1c([2H])c([2H])c(-c2cccc(-c3c([2H])c([2H])c([2H])c(C)c3[2H])c2C(C)(C)C)c([2H])c1[2H].[2H]c1c([2H])c([2H])c(-c2ccccc2C(C)(C)C)c([2H])c1[2H]. The highest BCUT2D eigenvalue weighted by Gasteiger charge is 2.35. The van der Waals surface area contributed by atoms with Crippen LogP contribution in [0.25, 0.3) is 33.4 Å². The van der Waals surface area contributed by atoms with E-state index in [1.54, 1.807) is 52.9 Å². The molecule has 11 aromatic rings. The fourth-order valence-electron chi connectivity index (χ4n) is 23.1. The van der Waals surface area contributed by atoms with Crippen molar-refractivity contribution in [2.75, 3.05) is 0 Å². The van der Waals surface area contributed by atoms with Gasteiger partial charge in [0.1, 0.15) is 0 Å². The molecule has 17 rings (SSSR count). The highest BCUT2D eigenvalue weighted by molar-refractivity contribution is 5.80. The second kappa shape index (κ2) is 53.7. The van der Waals surface area contributed by atoms with Crippen LogP contribution in [-0.4, -0.2) is 0 Å². The van der Waals surface area contributed by atoms with Gasteiger partial charge >= 0.3 is 0 Å². The normalized spacial score (nSPS) is 18.8. The van der Waals surface area contributed by atoms with Crippen molar-refractivity contribution >= 4 is 0 Å². The van der Waals surface area contributed by atoms with Crippen molar-refractivity contribution in [3.8, 4) is 33.4 Å². The van der Waals surface area contributed by atoms with E-state index in [9.17, 15) is 2.74 Å². The van der Waals surface area contributed by atoms with E-state index in [1.165, 1.54) is 211 Å². The quantitative estimate of drug-likeness (QED) is 0.114. The standard InChI is InChI=1S/C23H24.2C22H34.2C16H24.C16H18.C14H22.C13H20/c1-17-10-8-13-19(16-17)21-15-9-14-20(22(21)23(2,3)4)18-11-6-5-7-12-18;2*1-22(2,3)21-19(17-11-6-4-7-12-17)15-10-16-20(21)18-13-8-5-9-14-18;3*1-16(2,3)15-12-8-7-11-14(15)13-9-5-4-6-10-13;1-11(2)10-12-8-6-7-9-13(12)14(3,4)5;1-10(2)11-8-6-7-9-12(11)13(3,4)5/h5-16H,1-4H3;2*10,15-18H,4-9,11-14H2,1-3H3;2*7-8,11-13H,4-6,9-10H2,1-3H3;4-12H,1-3H3;6-9,11H,10H2,1-5H3;6-10H,1-5H3/i5D,6D,7D,8D,10D,11D,12D,13D,16D;17D,18D;;13D;;4D,5D,6D,9D,10D;;. The molecule has 0 unspecified atom stereocenters. The maximum Gasteiger partial charge on any atom is 0.0632 e. The minimum Gasteiger partial charge on any atom is -0.0625 e. The lowest BCUT2D eigenvalue weighted by molar-refractivity contribution is 0.420. The third kappa shape index (κ3) is 34.5. The molecule has 0 nitrogen and oxygen atoms in total. The summed E-state index contributed by atoms with van der Waals surface area (Å²) in [5, 5.41) is 0. The second-order valence-electron chi connectivity index (χ2n) is 50.9. The Morgan fingerprint density at radius 3 is 0.930 bits per heavy atom. The first-order chi connectivity index (χ1) is 74.1. The maximum absolute atomic E-state index is 9.20. The molecule has 6 fully saturated rings. The zero-order valence-corrected chi connectivity index (χ0v) is 94.6. The topological polar surface area (TPSA) is 0 Å². The van der Waals surface area contributed by atoms with E-state index in [0.29, 0.717) is 28.2 Å². The fraction of sp³-hybridized carbons (Fsp3) is 0.535. The van der Waals surface area contributed by atoms with E-state index in [1.807, 2.05) is 65.8 Å². The van der Waals surface area contributed by atoms with Gasteiger partial charge < -0.3 is 0 Å². The molecule has 0 N–H and O–H groups in total. The van der Waals surface area contributed by atoms with Gasteiger partial charge in [0.25, 0.3) is 0 Å². The first-order valence-electron chi connectivity index (χ1n) is 64.2. The predicted octanol–water partition coefficient (Wildman–Crippen LogP) is 43.8. The summed E-state index contributed by atoms with van der Waals surface area (Å²) in [5.41, 5.74) is 25.1. The van der Waals surface area contributed by atoms with E-state index < -0.39 is 35.3 Å². The van der Waals surface area contributed by atoms with Crippen molar-refractivity contribution in [2.45, 2.75) is 485 Å². The monoisotopic (exact) mass is 1920 g/mol. The van der Waals surface area contributed by atoms with Crippen LogP contribution < -0.4 is 0 Å². The third-order valence-electron chi connectivity index (χ3n) is 29.8. The molecule has 0 aromatic heterocycles. The van der Waals surface area contributed by atoms with Crippen LogP contribution in [0.2, 0.25) is 0 Å². The van der Waals surface area contributed by atoms with Gasteiger partial charge in [0.15, 0.2) is 0 Å². The Kier molecular flexibility index (Phi) is 34.8. The van der Waals surface area contributed by atoms with Gasteiger partial charge in [-0.25, -0.2) is 0 Å². The van der Waals surface area contributed by atoms with Crippen molar-refractivity contribution in [3.05, 3.63) is 355 Å². The van der Waals surface area contributed by atoms with Gasteiger partial charge in [-0.05, 0) is 303 Å². The Morgan fingerprint density at radius 1 is 0.246 bits per heavy atom. The van der Waals surface area contributed by atoms with Crippen LogP contribution in [0.1, 0.15) is 546 Å². The van der Waals surface area contributed by atoms with Crippen LogP contribution in [-0.2, 0) is 49.7 Å². The Bertz CT molecular complexity index is 6340. The highest BCUT2D eigenvalue weighted by atomic mass is 14.4. The largest absolute Gasteiger partial charge is 0.0632 e. The number of hydrogen-bond acceptors (Lipinski definition) is 0. The van der Waals surface area contributed by atoms with Gasteiger partial charge in [-0.3, -0.25) is 0 Å². The lowest BCUT2D eigenvalue weighted by Gasteiger charge is -2.35. The molecule has 0 atom stereocenters. The van der Waals surface area contributed by atoms with Crippen molar-refractivity contribution < 1.29 is 23.3 Å². The molecule has 768 valence electrons. The lowest BCUT2D eigenvalue weighted by Crippen LogP contribution is -2.22. The van der Waals surface area contributed by atoms with Gasteiger partial charge in [-0.2, -0.15) is 0 Å². The molecule has 0 amide bonds. The summed E-state index contributed by atoms with van der Waals surface area (Å²) in [6.07, 6.45) is 39.4. The summed E-state index contributed by atoms with van der Waals surface area (Å²) < 4.78 is 141. The molecule has 0 radical (unpaired) electrons. The molecule has 6 aliphatic carbocycles. The third-order valence-corrected chi connectivity index (χ3v) is 29.8. The van der Waals surface area contributed by atoms with Gasteiger partial charge in [0.2, 0.25) is 0 Å². The molecule has 0 aliphatic heterocycles. The molecular weight excluding hydrogens is 1710 g/mol. The lowest BCUT2D eigenvalue weighted by atomic mass is 9.70. The van der Waals surface area contributed by atoms with E-state index >= 15 is 0 Å². The average molecular weight is 1920 g/mol. The molecule has 11 aromatic carbocycles. The summed E-state index contributed by atoms with van der Waals surface area (Å²) in [5.74, 6) is 2.61. The smallest absolute Gasteiger partial charge is 0.0625 e. The van der Waals surface area contributed by atoms with E-state index in [-0.39, 0.29) is 133 Å². The Labute approximate surface area is 897 Å². The maximum atomic E-state index is 9.20. The van der Waals surface area contributed by atoms with Gasteiger partial charge in [0.05, 0.1) is 19.2 Å². The second-order valence-corrected chi connectivity index (χ2v) is 50.9. The highest BCUT2D eigenvalue weighted by Crippen LogP contribution is 2.50. The Hall–Kier alpha value is -8.58. The number of benzene rings is 11. The molecule has 0 heterocycles. The van der Waals surface area contributed by atoms with Crippen molar-refractivity contribution in [1.29, 1.82) is 0 Å². The first-order valence-corrected chi connectivity index (χ1v) is 55.7. The summed E-state index contributed by atoms with van der Waals surface area (Å²) in [7, 11) is 0. The number of hydrogen-bond donors (Lipinski definition) is 0. The van der Waals surface area contributed by atoms with E-state index in [4.69, 9.17) is 20.6 Å². The van der Waals surface area contributed by atoms with Crippen LogP contribution in [0.3, 0.4) is 0 Å². The molecule has 0 saturated heterocycles. The molecule has 0 heteroatoms. The fourth-order valence-corrected chi connectivity index (χ4v) is 23.1. The molecule has 6 saturated carbocycles. The molecule has 6 aliphatic rings. The summed E-state index contributed by atoms with van der Waals surface area (Å²) in [4.78, 5) is 0. The van der Waals surface area contributed by atoms with Gasteiger partial charge in [-0.15, -0.1) is 0 Å². The minimum atomic E-state index is -0.594. The minimum absolute atomic E-state index is 0.0110. The molecular formula is C142H200. The summed E-state index contributed by atoms with van der Waals surface area (Å²) >= 11 is 0. The zero-order chi connectivity index (χ0) is 118. The van der Waals surface area contributed by atoms with E-state index in [2.05, 4.69) is 286 Å². The molecule has 142 heavy (non-hydrogen) atoms. The van der Waals surface area contributed by atoms with Crippen molar-refractivity contribution in [2.24, 2.45) is 5.92 Å². The number of rotatable bonds is 12. The molecule has 0 spiro atoms. The summed E-state index contributed by atoms with van der Waals surface area (Å²) in [6.45, 7) is 64.0. The van der Waals surface area contributed by atoms with Gasteiger partial charge in [0, 0.05) is 4.11 Å². The predicted molar refractivity (Wildman–Crippen MR) is 630 cm³/mol. The average Bonchev–Trinajstić information content (AvgIpc) is 0.736. The molecule has 0 bridgehead atoms. The van der Waals surface area contributed by atoms with Crippen LogP contribution in [0.4, 0.5) is 0 Å².